The number of carboxylic acids is 2. The molecule has 0 aliphatic heterocycles. The van der Waals surface area contributed by atoms with Gasteiger partial charge in [-0.05, 0) is 5.56 Å². The molecule has 5 nitrogen and oxygen atoms in total. The minimum atomic E-state index is -1.44. The molecule has 1 aromatic rings. The van der Waals surface area contributed by atoms with Gasteiger partial charge in [0.15, 0.2) is 0 Å². The van der Waals surface area contributed by atoms with Crippen LogP contribution in [0.5, 0.6) is 0 Å². The van der Waals surface area contributed by atoms with E-state index in [0.717, 1.165) is 0 Å². The van der Waals surface area contributed by atoms with Crippen LogP contribution in [0.2, 0.25) is 0 Å². The molecule has 0 saturated heterocycles. The SMILES string of the molecule is NC(C(=O)O)[C@H](C(=O)O)c1ccccc1. The summed E-state index contributed by atoms with van der Waals surface area (Å²) in [4.78, 5) is 21.5. The number of nitrogens with two attached hydrogens (primary N) is 1. The first-order valence-corrected chi connectivity index (χ1v) is 4.30. The molecule has 0 bridgehead atoms. The monoisotopic (exact) mass is 209 g/mol. The lowest BCUT2D eigenvalue weighted by Crippen LogP contribution is -2.40. The van der Waals surface area contributed by atoms with E-state index in [9.17, 15) is 9.59 Å². The molecule has 0 amide bonds. The van der Waals surface area contributed by atoms with Gasteiger partial charge in [0, 0.05) is 0 Å². The predicted octanol–water partition coefficient (Wildman–Crippen LogP) is 0.267. The molecule has 0 aliphatic rings. The Labute approximate surface area is 86.1 Å². The number of benzene rings is 1. The number of hydrogen-bond donors (Lipinski definition) is 3. The molecule has 1 rings (SSSR count). The Morgan fingerprint density at radius 1 is 1.07 bits per heavy atom. The molecule has 5 heteroatoms. The Morgan fingerprint density at radius 3 is 2.00 bits per heavy atom. The molecule has 80 valence electrons. The second-order valence-corrected chi connectivity index (χ2v) is 3.09. The van der Waals surface area contributed by atoms with Crippen molar-refractivity contribution in [1.82, 2.24) is 0 Å². The van der Waals surface area contributed by atoms with E-state index in [2.05, 4.69) is 0 Å². The minimum absolute atomic E-state index is 0.389. The third kappa shape index (κ3) is 2.54. The largest absolute Gasteiger partial charge is 0.481 e. The van der Waals surface area contributed by atoms with Gasteiger partial charge >= 0.3 is 11.9 Å². The average molecular weight is 209 g/mol. The van der Waals surface area contributed by atoms with E-state index in [0.29, 0.717) is 5.56 Å². The lowest BCUT2D eigenvalue weighted by molar-refractivity contribution is -0.146. The average Bonchev–Trinajstić information content (AvgIpc) is 2.18. The predicted molar refractivity (Wildman–Crippen MR) is 52.4 cm³/mol. The maximum absolute atomic E-state index is 10.9. The first-order chi connectivity index (χ1) is 7.04. The summed E-state index contributed by atoms with van der Waals surface area (Å²) in [5.41, 5.74) is 5.70. The molecule has 0 spiro atoms. The van der Waals surface area contributed by atoms with Crippen LogP contribution in [0.3, 0.4) is 0 Å². The number of rotatable bonds is 4. The fourth-order valence-corrected chi connectivity index (χ4v) is 1.31. The third-order valence-corrected chi connectivity index (χ3v) is 2.07. The van der Waals surface area contributed by atoms with Crippen molar-refractivity contribution >= 4 is 11.9 Å². The van der Waals surface area contributed by atoms with Gasteiger partial charge in [0.2, 0.25) is 0 Å². The van der Waals surface area contributed by atoms with Crippen LogP contribution in [0.15, 0.2) is 30.3 Å². The van der Waals surface area contributed by atoms with Crippen LogP contribution < -0.4 is 5.73 Å². The summed E-state index contributed by atoms with van der Waals surface area (Å²) in [7, 11) is 0. The lowest BCUT2D eigenvalue weighted by atomic mass is 9.92. The zero-order chi connectivity index (χ0) is 11.4. The topological polar surface area (TPSA) is 101 Å². The molecule has 0 saturated carbocycles. The molecule has 2 atom stereocenters. The second-order valence-electron chi connectivity index (χ2n) is 3.09. The summed E-state index contributed by atoms with van der Waals surface area (Å²) in [6.45, 7) is 0. The molecular weight excluding hydrogens is 198 g/mol. The zero-order valence-electron chi connectivity index (χ0n) is 7.83. The molecule has 4 N–H and O–H groups in total. The summed E-state index contributed by atoms with van der Waals surface area (Å²) < 4.78 is 0. The minimum Gasteiger partial charge on any atom is -0.481 e. The normalized spacial score (nSPS) is 14.2. The Hall–Kier alpha value is -1.88. The Kier molecular flexibility index (Phi) is 3.41. The van der Waals surface area contributed by atoms with Gasteiger partial charge in [-0.15, -0.1) is 0 Å². The van der Waals surface area contributed by atoms with E-state index in [-0.39, 0.29) is 0 Å². The zero-order valence-corrected chi connectivity index (χ0v) is 7.83. The Bertz CT molecular complexity index is 363. The highest BCUT2D eigenvalue weighted by Crippen LogP contribution is 2.18. The van der Waals surface area contributed by atoms with Gasteiger partial charge in [0.25, 0.3) is 0 Å². The van der Waals surface area contributed by atoms with Gasteiger partial charge in [-0.1, -0.05) is 30.3 Å². The van der Waals surface area contributed by atoms with Crippen LogP contribution in [0.4, 0.5) is 0 Å². The Balaban J connectivity index is 3.04. The summed E-state index contributed by atoms with van der Waals surface area (Å²) in [6, 6.07) is 6.64. The molecule has 0 fully saturated rings. The Morgan fingerprint density at radius 2 is 1.60 bits per heavy atom. The second kappa shape index (κ2) is 4.56. The number of aliphatic carboxylic acids is 2. The van der Waals surface area contributed by atoms with Crippen molar-refractivity contribution in [3.8, 4) is 0 Å². The van der Waals surface area contributed by atoms with Crippen molar-refractivity contribution in [1.29, 1.82) is 0 Å². The van der Waals surface area contributed by atoms with Gasteiger partial charge in [0.05, 0.1) is 0 Å². The molecule has 0 aromatic heterocycles. The van der Waals surface area contributed by atoms with Gasteiger partial charge in [-0.25, -0.2) is 0 Å². The van der Waals surface area contributed by atoms with Crippen molar-refractivity contribution in [3.63, 3.8) is 0 Å². The van der Waals surface area contributed by atoms with Gasteiger partial charge in [-0.2, -0.15) is 0 Å². The van der Waals surface area contributed by atoms with Gasteiger partial charge in [0.1, 0.15) is 12.0 Å². The van der Waals surface area contributed by atoms with E-state index >= 15 is 0 Å². The lowest BCUT2D eigenvalue weighted by Gasteiger charge is -2.16. The summed E-state index contributed by atoms with van der Waals surface area (Å²) >= 11 is 0. The highest BCUT2D eigenvalue weighted by atomic mass is 16.4. The number of hydrogen-bond acceptors (Lipinski definition) is 3. The fraction of sp³-hybridized carbons (Fsp3) is 0.200. The molecule has 15 heavy (non-hydrogen) atoms. The van der Waals surface area contributed by atoms with Crippen LogP contribution in [0.1, 0.15) is 11.5 Å². The van der Waals surface area contributed by atoms with Gasteiger partial charge in [-0.3, -0.25) is 9.59 Å². The first kappa shape index (κ1) is 11.2. The third-order valence-electron chi connectivity index (χ3n) is 2.07. The molecule has 0 aliphatic carbocycles. The fourth-order valence-electron chi connectivity index (χ4n) is 1.31. The number of carboxylic acid groups (broad SMARTS) is 2. The highest BCUT2D eigenvalue weighted by Gasteiger charge is 2.31. The molecule has 1 aromatic carbocycles. The van der Waals surface area contributed by atoms with Crippen molar-refractivity contribution < 1.29 is 19.8 Å². The van der Waals surface area contributed by atoms with Crippen LogP contribution in [0, 0.1) is 0 Å². The summed E-state index contributed by atoms with van der Waals surface area (Å²) in [5, 5.41) is 17.6. The van der Waals surface area contributed by atoms with E-state index in [1.165, 1.54) is 0 Å². The molecule has 0 heterocycles. The van der Waals surface area contributed by atoms with Crippen molar-refractivity contribution in [3.05, 3.63) is 35.9 Å². The highest BCUT2D eigenvalue weighted by molar-refractivity contribution is 5.86. The number of carbonyl (C=O) groups is 2. The van der Waals surface area contributed by atoms with E-state index < -0.39 is 23.9 Å². The maximum Gasteiger partial charge on any atom is 0.321 e. The smallest absolute Gasteiger partial charge is 0.321 e. The maximum atomic E-state index is 10.9. The van der Waals surface area contributed by atoms with E-state index in [1.54, 1.807) is 30.3 Å². The quantitative estimate of drug-likeness (QED) is 0.660. The molecule has 0 radical (unpaired) electrons. The summed E-state index contributed by atoms with van der Waals surface area (Å²) in [5.74, 6) is -3.79. The van der Waals surface area contributed by atoms with Crippen LogP contribution in [-0.4, -0.2) is 28.2 Å². The van der Waals surface area contributed by atoms with Crippen molar-refractivity contribution in [2.24, 2.45) is 5.73 Å². The first-order valence-electron chi connectivity index (χ1n) is 4.30. The van der Waals surface area contributed by atoms with Crippen LogP contribution in [0.25, 0.3) is 0 Å². The van der Waals surface area contributed by atoms with Crippen molar-refractivity contribution in [2.75, 3.05) is 0 Å². The standard InChI is InChI=1S/C10H11NO4/c11-8(10(14)15)7(9(12)13)6-4-2-1-3-5-6/h1-5,7-8H,11H2,(H,12,13)(H,14,15)/t7-,8?/m1/s1. The van der Waals surface area contributed by atoms with E-state index in [1.807, 2.05) is 0 Å². The molecule has 1 unspecified atom stereocenters. The van der Waals surface area contributed by atoms with Crippen molar-refractivity contribution in [2.45, 2.75) is 12.0 Å². The van der Waals surface area contributed by atoms with Crippen LogP contribution in [-0.2, 0) is 9.59 Å². The van der Waals surface area contributed by atoms with Gasteiger partial charge < -0.3 is 15.9 Å². The van der Waals surface area contributed by atoms with E-state index in [4.69, 9.17) is 15.9 Å². The van der Waals surface area contributed by atoms with Crippen LogP contribution >= 0.6 is 0 Å². The summed E-state index contributed by atoms with van der Waals surface area (Å²) in [6.07, 6.45) is 0. The molecular formula is C10H11NO4.